The van der Waals surface area contributed by atoms with Gasteiger partial charge in [-0.2, -0.15) is 0 Å². The van der Waals surface area contributed by atoms with Crippen LogP contribution in [0.15, 0.2) is 59.6 Å². The number of hydrogen-bond acceptors (Lipinski definition) is 5. The molecule has 1 amide bonds. The molecule has 0 saturated heterocycles. The minimum atomic E-state index is -3.28. The van der Waals surface area contributed by atoms with Gasteiger partial charge in [0.15, 0.2) is 15.7 Å². The fourth-order valence-electron chi connectivity index (χ4n) is 2.82. The number of benzene rings is 2. The molecule has 7 nitrogen and oxygen atoms in total. The van der Waals surface area contributed by atoms with Gasteiger partial charge < -0.3 is 11.1 Å². The van der Waals surface area contributed by atoms with Crippen LogP contribution >= 0.6 is 0 Å². The Morgan fingerprint density at radius 2 is 1.62 bits per heavy atom. The van der Waals surface area contributed by atoms with Gasteiger partial charge in [0, 0.05) is 18.1 Å². The highest BCUT2D eigenvalue weighted by atomic mass is 32.2. The first kappa shape index (κ1) is 20.6. The van der Waals surface area contributed by atoms with Crippen molar-refractivity contribution in [3.63, 3.8) is 0 Å². The molecule has 0 aliphatic heterocycles. The number of carbonyl (C=O) groups is 1. The third-order valence-electron chi connectivity index (χ3n) is 4.52. The number of aromatic nitrogens is 2. The third kappa shape index (κ3) is 4.65. The van der Waals surface area contributed by atoms with Crippen molar-refractivity contribution in [3.8, 4) is 5.69 Å². The Balaban J connectivity index is 1.92. The van der Waals surface area contributed by atoms with Crippen LogP contribution in [0.3, 0.4) is 0 Å². The maximum atomic E-state index is 11.9. The normalized spacial score (nSPS) is 12.0. The van der Waals surface area contributed by atoms with Crippen LogP contribution in [0.25, 0.3) is 5.69 Å². The smallest absolute Gasteiger partial charge is 0.254 e. The zero-order valence-corrected chi connectivity index (χ0v) is 17.6. The Kier molecular flexibility index (Phi) is 5.23. The standard InChI is InChI=1S/C21H24N4O3S/c1-21(2,3)14-5-9-16(10-6-14)25-13-18(19(22)26)20(24-25)23-15-7-11-17(12-8-15)29(4,27)28/h5-13H,1-4H3,(H2,22,26)(H,23,24). The molecule has 0 aliphatic carbocycles. The number of amides is 1. The highest BCUT2D eigenvalue weighted by Crippen LogP contribution is 2.25. The van der Waals surface area contributed by atoms with Gasteiger partial charge >= 0.3 is 0 Å². The molecule has 1 aromatic heterocycles. The van der Waals surface area contributed by atoms with Crippen molar-refractivity contribution in [1.29, 1.82) is 0 Å². The molecule has 0 aliphatic rings. The van der Waals surface area contributed by atoms with Gasteiger partial charge in [0.1, 0.15) is 5.56 Å². The van der Waals surface area contributed by atoms with E-state index in [2.05, 4.69) is 31.2 Å². The van der Waals surface area contributed by atoms with Gasteiger partial charge in [0.05, 0.1) is 10.6 Å². The number of nitrogens with two attached hydrogens (primary N) is 1. The number of anilines is 2. The van der Waals surface area contributed by atoms with Crippen molar-refractivity contribution in [2.75, 3.05) is 11.6 Å². The van der Waals surface area contributed by atoms with Gasteiger partial charge in [0.25, 0.3) is 5.91 Å². The van der Waals surface area contributed by atoms with E-state index in [0.717, 1.165) is 11.9 Å². The molecule has 1 heterocycles. The average Bonchev–Trinajstić information content (AvgIpc) is 3.05. The molecule has 2 aromatic carbocycles. The lowest BCUT2D eigenvalue weighted by molar-refractivity contribution is 0.100. The van der Waals surface area contributed by atoms with E-state index in [1.165, 1.54) is 17.7 Å². The summed E-state index contributed by atoms with van der Waals surface area (Å²) in [5, 5.41) is 7.48. The Hall–Kier alpha value is -3.13. The van der Waals surface area contributed by atoms with E-state index in [4.69, 9.17) is 5.73 Å². The summed E-state index contributed by atoms with van der Waals surface area (Å²) in [6, 6.07) is 14.1. The number of hydrogen-bond donors (Lipinski definition) is 2. The second-order valence-electron chi connectivity index (χ2n) is 7.92. The van der Waals surface area contributed by atoms with Crippen molar-refractivity contribution in [2.24, 2.45) is 5.73 Å². The molecule has 152 valence electrons. The van der Waals surface area contributed by atoms with Crippen molar-refractivity contribution in [1.82, 2.24) is 9.78 Å². The Morgan fingerprint density at radius 3 is 2.10 bits per heavy atom. The maximum absolute atomic E-state index is 11.9. The number of nitrogens with zero attached hydrogens (tertiary/aromatic N) is 2. The Morgan fingerprint density at radius 1 is 1.03 bits per heavy atom. The van der Waals surface area contributed by atoms with E-state index < -0.39 is 15.7 Å². The molecule has 0 spiro atoms. The molecule has 0 unspecified atom stereocenters. The number of primary amides is 1. The monoisotopic (exact) mass is 412 g/mol. The van der Waals surface area contributed by atoms with Gasteiger partial charge in [-0.05, 0) is 47.4 Å². The lowest BCUT2D eigenvalue weighted by atomic mass is 9.87. The molecular weight excluding hydrogens is 388 g/mol. The van der Waals surface area contributed by atoms with E-state index in [-0.39, 0.29) is 15.9 Å². The molecule has 29 heavy (non-hydrogen) atoms. The van der Waals surface area contributed by atoms with Gasteiger partial charge in [-0.15, -0.1) is 5.10 Å². The van der Waals surface area contributed by atoms with Crippen LogP contribution in [0.1, 0.15) is 36.7 Å². The van der Waals surface area contributed by atoms with Gasteiger partial charge in [0.2, 0.25) is 0 Å². The Bertz CT molecular complexity index is 1140. The van der Waals surface area contributed by atoms with E-state index >= 15 is 0 Å². The average molecular weight is 413 g/mol. The minimum absolute atomic E-state index is 0.0336. The predicted octanol–water partition coefficient (Wildman–Crippen LogP) is 3.42. The van der Waals surface area contributed by atoms with Gasteiger partial charge in [-0.1, -0.05) is 32.9 Å². The van der Waals surface area contributed by atoms with Crippen LogP contribution in [0.2, 0.25) is 0 Å². The number of nitrogens with one attached hydrogen (secondary N) is 1. The molecule has 3 N–H and O–H groups in total. The summed E-state index contributed by atoms with van der Waals surface area (Å²) in [5.74, 6) is -0.317. The van der Waals surface area contributed by atoms with Crippen LogP contribution in [-0.4, -0.2) is 30.4 Å². The molecular formula is C21H24N4O3S. The second kappa shape index (κ2) is 7.36. The van der Waals surface area contributed by atoms with Crippen LogP contribution in [0.4, 0.5) is 11.5 Å². The summed E-state index contributed by atoms with van der Waals surface area (Å²) in [6.45, 7) is 6.41. The maximum Gasteiger partial charge on any atom is 0.254 e. The summed E-state index contributed by atoms with van der Waals surface area (Å²) >= 11 is 0. The zero-order valence-electron chi connectivity index (χ0n) is 16.8. The molecule has 0 radical (unpaired) electrons. The van der Waals surface area contributed by atoms with Crippen molar-refractivity contribution >= 4 is 27.2 Å². The number of rotatable bonds is 5. The molecule has 0 atom stereocenters. The van der Waals surface area contributed by atoms with E-state index in [0.29, 0.717) is 11.5 Å². The molecule has 3 rings (SSSR count). The minimum Gasteiger partial charge on any atom is -0.365 e. The van der Waals surface area contributed by atoms with Crippen LogP contribution in [0.5, 0.6) is 0 Å². The SMILES string of the molecule is CC(C)(C)c1ccc(-n2cc(C(N)=O)c(Nc3ccc(S(C)(=O)=O)cc3)n2)cc1. The molecule has 8 heteroatoms. The largest absolute Gasteiger partial charge is 0.365 e. The first-order valence-electron chi connectivity index (χ1n) is 9.03. The second-order valence-corrected chi connectivity index (χ2v) is 9.93. The first-order valence-corrected chi connectivity index (χ1v) is 10.9. The lowest BCUT2D eigenvalue weighted by Crippen LogP contribution is -2.12. The fraction of sp³-hybridized carbons (Fsp3) is 0.238. The third-order valence-corrected chi connectivity index (χ3v) is 5.65. The summed E-state index contributed by atoms with van der Waals surface area (Å²) in [4.78, 5) is 12.1. The zero-order chi connectivity index (χ0) is 21.4. The van der Waals surface area contributed by atoms with Crippen molar-refractivity contribution < 1.29 is 13.2 Å². The first-order chi connectivity index (χ1) is 13.4. The predicted molar refractivity (Wildman–Crippen MR) is 114 cm³/mol. The van der Waals surface area contributed by atoms with Crippen molar-refractivity contribution in [3.05, 3.63) is 65.9 Å². The molecule has 0 fully saturated rings. The number of sulfone groups is 1. The van der Waals surface area contributed by atoms with E-state index in [1.807, 2.05) is 24.3 Å². The Labute approximate surface area is 170 Å². The highest BCUT2D eigenvalue weighted by Gasteiger charge is 2.17. The van der Waals surface area contributed by atoms with Crippen LogP contribution in [0, 0.1) is 0 Å². The highest BCUT2D eigenvalue weighted by molar-refractivity contribution is 7.90. The number of carbonyl (C=O) groups excluding carboxylic acids is 1. The summed E-state index contributed by atoms with van der Waals surface area (Å²) in [6.07, 6.45) is 2.72. The lowest BCUT2D eigenvalue weighted by Gasteiger charge is -2.19. The quantitative estimate of drug-likeness (QED) is 0.668. The topological polar surface area (TPSA) is 107 Å². The van der Waals surface area contributed by atoms with E-state index in [9.17, 15) is 13.2 Å². The van der Waals surface area contributed by atoms with Gasteiger partial charge in [-0.25, -0.2) is 13.1 Å². The van der Waals surface area contributed by atoms with Crippen LogP contribution in [-0.2, 0) is 15.3 Å². The van der Waals surface area contributed by atoms with Crippen molar-refractivity contribution in [2.45, 2.75) is 31.1 Å². The van der Waals surface area contributed by atoms with Gasteiger partial charge in [-0.3, -0.25) is 4.79 Å². The molecule has 3 aromatic rings. The molecule has 0 bridgehead atoms. The van der Waals surface area contributed by atoms with Crippen LogP contribution < -0.4 is 11.1 Å². The fourth-order valence-corrected chi connectivity index (χ4v) is 3.45. The molecule has 0 saturated carbocycles. The summed E-state index contributed by atoms with van der Waals surface area (Å²) < 4.78 is 24.8. The van der Waals surface area contributed by atoms with E-state index in [1.54, 1.807) is 23.0 Å². The summed E-state index contributed by atoms with van der Waals surface area (Å²) in [5.41, 5.74) is 8.35. The summed E-state index contributed by atoms with van der Waals surface area (Å²) in [7, 11) is -3.28.